The molecule has 1 atom stereocenters. The van der Waals surface area contributed by atoms with Gasteiger partial charge in [-0.05, 0) is 38.1 Å². The van der Waals surface area contributed by atoms with Crippen LogP contribution < -0.4 is 10.1 Å². The van der Waals surface area contributed by atoms with Gasteiger partial charge in [-0.1, -0.05) is 47.5 Å². The zero-order chi connectivity index (χ0) is 20.6. The monoisotopic (exact) mass is 409 g/mol. The number of anilines is 2. The van der Waals surface area contributed by atoms with Gasteiger partial charge in [0.2, 0.25) is 0 Å². The van der Waals surface area contributed by atoms with Gasteiger partial charge in [0, 0.05) is 23.2 Å². The molecule has 150 valence electrons. The van der Waals surface area contributed by atoms with Crippen molar-refractivity contribution in [2.45, 2.75) is 31.3 Å². The lowest BCUT2D eigenvalue weighted by atomic mass is 10.0. The Kier molecular flexibility index (Phi) is 5.06. The molecule has 29 heavy (non-hydrogen) atoms. The molecule has 1 aliphatic rings. The Hall–Kier alpha value is -2.83. The molecule has 1 aliphatic heterocycles. The summed E-state index contributed by atoms with van der Waals surface area (Å²) in [6.45, 7) is 3.98. The summed E-state index contributed by atoms with van der Waals surface area (Å²) in [6, 6.07) is 19.3. The Labute approximate surface area is 171 Å². The number of hydrogen-bond donors (Lipinski definition) is 1. The summed E-state index contributed by atoms with van der Waals surface area (Å²) in [4.78, 5) is 0.149. The van der Waals surface area contributed by atoms with E-state index in [4.69, 9.17) is 8.92 Å². The molecule has 0 aromatic heterocycles. The van der Waals surface area contributed by atoms with E-state index >= 15 is 0 Å². The Morgan fingerprint density at radius 2 is 1.72 bits per heavy atom. The number of rotatable bonds is 5. The standard InChI is InChI=1S/C23H23NO4S/c1-15-7-10-18(11-8-15)24-20-6-4-5-17-14-21(28-23(17)20)19-13-16(2)9-12-22(19)29(25,26)27-3/h4-13,21,24H,14H2,1-3H3. The molecule has 1 unspecified atom stereocenters. The minimum Gasteiger partial charge on any atom is -0.483 e. The first-order valence-corrected chi connectivity index (χ1v) is 10.8. The predicted octanol–water partition coefficient (Wildman–Crippen LogP) is 5.06. The normalized spacial score (nSPS) is 15.6. The Morgan fingerprint density at radius 3 is 2.45 bits per heavy atom. The van der Waals surface area contributed by atoms with Crippen LogP contribution in [-0.4, -0.2) is 15.5 Å². The van der Waals surface area contributed by atoms with Crippen molar-refractivity contribution in [2.24, 2.45) is 0 Å². The molecular weight excluding hydrogens is 386 g/mol. The van der Waals surface area contributed by atoms with Gasteiger partial charge in [-0.25, -0.2) is 0 Å². The summed E-state index contributed by atoms with van der Waals surface area (Å²) in [6.07, 6.45) is 0.194. The molecule has 3 aromatic carbocycles. The number of nitrogens with one attached hydrogen (secondary N) is 1. The molecule has 5 nitrogen and oxygen atoms in total. The van der Waals surface area contributed by atoms with Crippen LogP contribution in [0.1, 0.15) is 28.4 Å². The van der Waals surface area contributed by atoms with Gasteiger partial charge in [0.25, 0.3) is 10.1 Å². The molecule has 0 radical (unpaired) electrons. The summed E-state index contributed by atoms with van der Waals surface area (Å²) in [5, 5.41) is 3.40. The van der Waals surface area contributed by atoms with Gasteiger partial charge in [0.15, 0.2) is 0 Å². The Balaban J connectivity index is 1.68. The zero-order valence-corrected chi connectivity index (χ0v) is 17.4. The number of aryl methyl sites for hydroxylation is 2. The molecule has 0 fully saturated rings. The van der Waals surface area contributed by atoms with Crippen molar-refractivity contribution in [3.63, 3.8) is 0 Å². The highest BCUT2D eigenvalue weighted by Gasteiger charge is 2.31. The summed E-state index contributed by atoms with van der Waals surface area (Å²) >= 11 is 0. The molecule has 0 amide bonds. The molecule has 0 aliphatic carbocycles. The van der Waals surface area contributed by atoms with Gasteiger partial charge in [0.05, 0.1) is 12.8 Å². The number of hydrogen-bond acceptors (Lipinski definition) is 5. The molecule has 1 heterocycles. The van der Waals surface area contributed by atoms with E-state index in [1.807, 2.05) is 62.4 Å². The largest absolute Gasteiger partial charge is 0.483 e. The fourth-order valence-corrected chi connectivity index (χ4v) is 4.46. The van der Waals surface area contributed by atoms with Crippen LogP contribution in [0.25, 0.3) is 0 Å². The zero-order valence-electron chi connectivity index (χ0n) is 16.6. The van der Waals surface area contributed by atoms with E-state index in [1.165, 1.54) is 12.7 Å². The topological polar surface area (TPSA) is 64.6 Å². The highest BCUT2D eigenvalue weighted by atomic mass is 32.2. The second-order valence-corrected chi connectivity index (χ2v) is 8.94. The lowest BCUT2D eigenvalue weighted by Gasteiger charge is -2.17. The number of ether oxygens (including phenoxy) is 1. The summed E-state index contributed by atoms with van der Waals surface area (Å²) < 4.78 is 35.8. The number of para-hydroxylation sites is 1. The van der Waals surface area contributed by atoms with Crippen molar-refractivity contribution in [3.8, 4) is 5.75 Å². The maximum Gasteiger partial charge on any atom is 0.297 e. The van der Waals surface area contributed by atoms with Crippen LogP contribution in [0.2, 0.25) is 0 Å². The van der Waals surface area contributed by atoms with E-state index in [9.17, 15) is 8.42 Å². The first-order valence-electron chi connectivity index (χ1n) is 9.41. The van der Waals surface area contributed by atoms with Gasteiger partial charge in [-0.15, -0.1) is 0 Å². The van der Waals surface area contributed by atoms with Crippen molar-refractivity contribution >= 4 is 21.5 Å². The van der Waals surface area contributed by atoms with Gasteiger partial charge >= 0.3 is 0 Å². The van der Waals surface area contributed by atoms with Crippen LogP contribution in [0.15, 0.2) is 65.6 Å². The molecule has 3 aromatic rings. The van der Waals surface area contributed by atoms with E-state index in [-0.39, 0.29) is 4.90 Å². The van der Waals surface area contributed by atoms with E-state index in [1.54, 1.807) is 12.1 Å². The van der Waals surface area contributed by atoms with Crippen LogP contribution in [-0.2, 0) is 20.7 Å². The highest BCUT2D eigenvalue weighted by Crippen LogP contribution is 2.44. The maximum atomic E-state index is 12.4. The third-order valence-electron chi connectivity index (χ3n) is 5.09. The van der Waals surface area contributed by atoms with Gasteiger partial charge < -0.3 is 10.1 Å². The van der Waals surface area contributed by atoms with Crippen LogP contribution in [0.4, 0.5) is 11.4 Å². The number of benzene rings is 3. The van der Waals surface area contributed by atoms with E-state index in [0.29, 0.717) is 12.0 Å². The minimum atomic E-state index is -3.83. The van der Waals surface area contributed by atoms with Crippen molar-refractivity contribution < 1.29 is 17.3 Å². The summed E-state index contributed by atoms with van der Waals surface area (Å²) in [5.74, 6) is 0.750. The molecule has 0 spiro atoms. The molecule has 6 heteroatoms. The summed E-state index contributed by atoms with van der Waals surface area (Å²) in [7, 11) is -2.66. The molecule has 0 saturated carbocycles. The molecule has 0 bridgehead atoms. The van der Waals surface area contributed by atoms with E-state index < -0.39 is 16.2 Å². The molecular formula is C23H23NO4S. The van der Waals surface area contributed by atoms with Crippen LogP contribution >= 0.6 is 0 Å². The fraction of sp³-hybridized carbons (Fsp3) is 0.217. The van der Waals surface area contributed by atoms with Gasteiger partial charge in [-0.3, -0.25) is 4.18 Å². The highest BCUT2D eigenvalue weighted by molar-refractivity contribution is 7.86. The first-order chi connectivity index (χ1) is 13.9. The smallest absolute Gasteiger partial charge is 0.297 e. The van der Waals surface area contributed by atoms with E-state index in [2.05, 4.69) is 5.32 Å². The average Bonchev–Trinajstić information content (AvgIpc) is 3.15. The lowest BCUT2D eigenvalue weighted by molar-refractivity contribution is 0.235. The van der Waals surface area contributed by atoms with Crippen LogP contribution in [0.3, 0.4) is 0 Å². The fourth-order valence-electron chi connectivity index (χ4n) is 3.57. The molecule has 4 rings (SSSR count). The summed E-state index contributed by atoms with van der Waals surface area (Å²) in [5.41, 5.74) is 5.63. The Bertz CT molecular complexity index is 1150. The van der Waals surface area contributed by atoms with Crippen molar-refractivity contribution in [1.82, 2.24) is 0 Å². The van der Waals surface area contributed by atoms with Crippen molar-refractivity contribution in [2.75, 3.05) is 12.4 Å². The molecule has 1 N–H and O–H groups in total. The maximum absolute atomic E-state index is 12.4. The minimum absolute atomic E-state index is 0.149. The van der Waals surface area contributed by atoms with Gasteiger partial charge in [-0.2, -0.15) is 8.42 Å². The molecule has 0 saturated heterocycles. The quantitative estimate of drug-likeness (QED) is 0.597. The average molecular weight is 410 g/mol. The second-order valence-electron chi connectivity index (χ2n) is 7.26. The predicted molar refractivity (Wildman–Crippen MR) is 113 cm³/mol. The first kappa shape index (κ1) is 19.5. The third kappa shape index (κ3) is 3.86. The SMILES string of the molecule is COS(=O)(=O)c1ccc(C)cc1C1Cc2cccc(Nc3ccc(C)cc3)c2O1. The van der Waals surface area contributed by atoms with Crippen molar-refractivity contribution in [1.29, 1.82) is 0 Å². The number of fused-ring (bicyclic) bond motifs is 1. The van der Waals surface area contributed by atoms with E-state index in [0.717, 1.165) is 28.3 Å². The lowest BCUT2D eigenvalue weighted by Crippen LogP contribution is -2.12. The van der Waals surface area contributed by atoms with Crippen LogP contribution in [0.5, 0.6) is 5.75 Å². The van der Waals surface area contributed by atoms with Crippen LogP contribution in [0, 0.1) is 13.8 Å². The van der Waals surface area contributed by atoms with Gasteiger partial charge in [0.1, 0.15) is 16.7 Å². The van der Waals surface area contributed by atoms with Crippen molar-refractivity contribution in [3.05, 3.63) is 82.9 Å². The Morgan fingerprint density at radius 1 is 1.00 bits per heavy atom. The third-order valence-corrected chi connectivity index (χ3v) is 6.44. The second kappa shape index (κ2) is 7.54.